The molecule has 26 heavy (non-hydrogen) atoms. The molecule has 0 spiro atoms. The Kier molecular flexibility index (Phi) is 6.52. The first-order valence-corrected chi connectivity index (χ1v) is 9.48. The van der Waals surface area contributed by atoms with Gasteiger partial charge in [0.1, 0.15) is 23.8 Å². The molecule has 0 atom stereocenters. The summed E-state index contributed by atoms with van der Waals surface area (Å²) < 4.78 is 32.2. The predicted octanol–water partition coefficient (Wildman–Crippen LogP) is 3.84. The number of hydrogen-bond acceptors (Lipinski definition) is 4. The summed E-state index contributed by atoms with van der Waals surface area (Å²) in [6, 6.07) is 9.99. The van der Waals surface area contributed by atoms with Crippen molar-refractivity contribution in [2.75, 3.05) is 17.5 Å². The molecule has 0 amide bonds. The fraction of sp³-hybridized carbons (Fsp3) is 0.118. The van der Waals surface area contributed by atoms with Crippen LogP contribution in [0.15, 0.2) is 60.0 Å². The molecule has 0 saturated carbocycles. The lowest BCUT2D eigenvalue weighted by molar-refractivity contribution is -0.135. The first-order chi connectivity index (χ1) is 12.3. The average molecular weight is 416 g/mol. The van der Waals surface area contributed by atoms with Gasteiger partial charge in [-0.3, -0.25) is 9.10 Å². The van der Waals surface area contributed by atoms with E-state index in [9.17, 15) is 18.3 Å². The monoisotopic (exact) mass is 415 g/mol. The number of hydrogen-bond donors (Lipinski definition) is 1. The molecule has 6 nitrogen and oxygen atoms in total. The molecule has 0 saturated heterocycles. The largest absolute Gasteiger partial charge is 0.489 e. The summed E-state index contributed by atoms with van der Waals surface area (Å²) in [7, 11) is -4.28. The summed E-state index contributed by atoms with van der Waals surface area (Å²) in [5.74, 6) is -0.964. The number of carbonyl (C=O) groups is 1. The Bertz CT molecular complexity index is 931. The van der Waals surface area contributed by atoms with Gasteiger partial charge in [0.05, 0.1) is 10.7 Å². The van der Waals surface area contributed by atoms with Crippen LogP contribution in [-0.2, 0) is 14.8 Å². The van der Waals surface area contributed by atoms with Crippen molar-refractivity contribution < 1.29 is 23.1 Å². The van der Waals surface area contributed by atoms with Crippen molar-refractivity contribution in [2.24, 2.45) is 0 Å². The summed E-state index contributed by atoms with van der Waals surface area (Å²) in [5.41, 5.74) is 0.116. The van der Waals surface area contributed by atoms with Gasteiger partial charge < -0.3 is 9.84 Å². The number of anilines is 1. The molecule has 9 heteroatoms. The number of benzene rings is 2. The molecule has 1 N–H and O–H groups in total. The number of carboxylic acid groups (broad SMARTS) is 1. The summed E-state index contributed by atoms with van der Waals surface area (Å²) in [6.07, 6.45) is 1.53. The third kappa shape index (κ3) is 4.69. The Hall–Kier alpha value is -2.22. The number of ether oxygens (including phenoxy) is 1. The number of rotatable bonds is 8. The van der Waals surface area contributed by atoms with E-state index in [4.69, 9.17) is 27.9 Å². The van der Waals surface area contributed by atoms with Gasteiger partial charge in [-0.25, -0.2) is 8.42 Å². The van der Waals surface area contributed by atoms with Crippen LogP contribution in [0.5, 0.6) is 5.75 Å². The molecule has 0 bridgehead atoms. The van der Waals surface area contributed by atoms with E-state index in [1.54, 1.807) is 12.1 Å². The fourth-order valence-corrected chi connectivity index (χ4v) is 4.26. The van der Waals surface area contributed by atoms with Crippen molar-refractivity contribution in [1.82, 2.24) is 0 Å². The van der Waals surface area contributed by atoms with E-state index in [1.807, 2.05) is 0 Å². The van der Waals surface area contributed by atoms with Gasteiger partial charge in [0.25, 0.3) is 10.0 Å². The molecule has 0 aliphatic rings. The maximum atomic E-state index is 13.0. The van der Waals surface area contributed by atoms with Crippen LogP contribution >= 0.6 is 23.2 Å². The highest BCUT2D eigenvalue weighted by atomic mass is 35.5. The minimum atomic E-state index is -4.28. The highest BCUT2D eigenvalue weighted by Gasteiger charge is 2.29. The van der Waals surface area contributed by atoms with Gasteiger partial charge in [0, 0.05) is 11.1 Å². The molecule has 2 rings (SSSR count). The molecule has 0 fully saturated rings. The second-order valence-corrected chi connectivity index (χ2v) is 7.75. The quantitative estimate of drug-likeness (QED) is 0.662. The maximum Gasteiger partial charge on any atom is 0.324 e. The van der Waals surface area contributed by atoms with Gasteiger partial charge in [-0.1, -0.05) is 41.9 Å². The van der Waals surface area contributed by atoms with E-state index >= 15 is 0 Å². The lowest BCUT2D eigenvalue weighted by Gasteiger charge is -2.23. The van der Waals surface area contributed by atoms with Crippen LogP contribution in [0.25, 0.3) is 0 Å². The standard InChI is InChI=1S/C17H15Cl2NO5S/c1-2-8-25-14-5-3-4-13(10-14)20(11-17(21)22)26(23,24)16-9-12(18)6-7-15(16)19/h2-7,9-10H,1,8,11H2,(H,21,22). The Morgan fingerprint density at radius 2 is 1.96 bits per heavy atom. The maximum absolute atomic E-state index is 13.0. The van der Waals surface area contributed by atoms with Gasteiger partial charge >= 0.3 is 5.97 Å². The van der Waals surface area contributed by atoms with E-state index < -0.39 is 22.5 Å². The van der Waals surface area contributed by atoms with E-state index in [-0.39, 0.29) is 27.2 Å². The minimum absolute atomic E-state index is 0.0659. The van der Waals surface area contributed by atoms with Crippen molar-refractivity contribution in [3.8, 4) is 5.75 Å². The minimum Gasteiger partial charge on any atom is -0.489 e. The molecular weight excluding hydrogens is 401 g/mol. The van der Waals surface area contributed by atoms with Gasteiger partial charge in [0.2, 0.25) is 0 Å². The van der Waals surface area contributed by atoms with Crippen LogP contribution in [0.1, 0.15) is 0 Å². The van der Waals surface area contributed by atoms with E-state index in [0.717, 1.165) is 4.31 Å². The molecular formula is C17H15Cl2NO5S. The van der Waals surface area contributed by atoms with Crippen molar-refractivity contribution in [1.29, 1.82) is 0 Å². The highest BCUT2D eigenvalue weighted by Crippen LogP contribution is 2.31. The molecule has 2 aromatic carbocycles. The van der Waals surface area contributed by atoms with Gasteiger partial charge in [0.15, 0.2) is 0 Å². The second-order valence-electron chi connectivity index (χ2n) is 5.08. The number of halogens is 2. The van der Waals surface area contributed by atoms with Crippen molar-refractivity contribution in [3.05, 3.63) is 65.2 Å². The highest BCUT2D eigenvalue weighted by molar-refractivity contribution is 7.93. The molecule has 0 radical (unpaired) electrons. The Labute approximate surface area is 161 Å². The molecule has 0 unspecified atom stereocenters. The van der Waals surface area contributed by atoms with Crippen LogP contribution in [0, 0.1) is 0 Å². The zero-order valence-electron chi connectivity index (χ0n) is 13.4. The Morgan fingerprint density at radius 1 is 1.23 bits per heavy atom. The number of nitrogens with zero attached hydrogens (tertiary/aromatic N) is 1. The van der Waals surface area contributed by atoms with Gasteiger partial charge in [-0.2, -0.15) is 0 Å². The lowest BCUT2D eigenvalue weighted by atomic mass is 10.3. The van der Waals surface area contributed by atoms with Crippen LogP contribution in [0.4, 0.5) is 5.69 Å². The normalized spacial score (nSPS) is 11.0. The summed E-state index contributed by atoms with van der Waals surface area (Å²) in [4.78, 5) is 11.0. The molecule has 2 aromatic rings. The SMILES string of the molecule is C=CCOc1cccc(N(CC(=O)O)S(=O)(=O)c2cc(Cl)ccc2Cl)c1. The number of aliphatic carboxylic acids is 1. The van der Waals surface area contributed by atoms with Crippen LogP contribution < -0.4 is 9.04 Å². The smallest absolute Gasteiger partial charge is 0.324 e. The van der Waals surface area contributed by atoms with E-state index in [1.165, 1.54) is 36.4 Å². The van der Waals surface area contributed by atoms with Crippen molar-refractivity contribution >= 4 is 44.9 Å². The fourth-order valence-electron chi connectivity index (χ4n) is 2.12. The summed E-state index contributed by atoms with van der Waals surface area (Å²) >= 11 is 11.9. The first-order valence-electron chi connectivity index (χ1n) is 7.29. The van der Waals surface area contributed by atoms with E-state index in [0.29, 0.717) is 5.75 Å². The van der Waals surface area contributed by atoms with Crippen LogP contribution in [0.2, 0.25) is 10.0 Å². The lowest BCUT2D eigenvalue weighted by Crippen LogP contribution is -2.36. The molecule has 0 heterocycles. The zero-order chi connectivity index (χ0) is 19.3. The molecule has 0 aliphatic heterocycles. The topological polar surface area (TPSA) is 83.9 Å². The summed E-state index contributed by atoms with van der Waals surface area (Å²) in [6.45, 7) is 2.96. The Balaban J connectivity index is 2.55. The van der Waals surface area contributed by atoms with Gasteiger partial charge in [-0.15, -0.1) is 0 Å². The molecule has 0 aliphatic carbocycles. The van der Waals surface area contributed by atoms with Gasteiger partial charge in [-0.05, 0) is 30.3 Å². The van der Waals surface area contributed by atoms with Crippen LogP contribution in [0.3, 0.4) is 0 Å². The van der Waals surface area contributed by atoms with Crippen molar-refractivity contribution in [2.45, 2.75) is 4.90 Å². The predicted molar refractivity (Wildman–Crippen MR) is 101 cm³/mol. The number of sulfonamides is 1. The number of carboxylic acids is 1. The average Bonchev–Trinajstić information content (AvgIpc) is 2.59. The summed E-state index contributed by atoms with van der Waals surface area (Å²) in [5, 5.41) is 9.27. The third-order valence-corrected chi connectivity index (χ3v) is 5.70. The third-order valence-electron chi connectivity index (χ3n) is 3.21. The van der Waals surface area contributed by atoms with Crippen molar-refractivity contribution in [3.63, 3.8) is 0 Å². The first kappa shape index (κ1) is 20.1. The molecule has 138 valence electrons. The van der Waals surface area contributed by atoms with Crippen LogP contribution in [-0.4, -0.2) is 32.6 Å². The molecule has 0 aromatic heterocycles. The second kappa shape index (κ2) is 8.44. The van der Waals surface area contributed by atoms with E-state index in [2.05, 4.69) is 6.58 Å². The zero-order valence-corrected chi connectivity index (χ0v) is 15.8. The Morgan fingerprint density at radius 3 is 2.62 bits per heavy atom.